The van der Waals surface area contributed by atoms with Crippen LogP contribution in [0.25, 0.3) is 11.3 Å². The number of aryl methyl sites for hydroxylation is 1. The van der Waals surface area contributed by atoms with Gasteiger partial charge in [-0.05, 0) is 38.5 Å². The van der Waals surface area contributed by atoms with Crippen molar-refractivity contribution in [1.82, 2.24) is 20.1 Å². The zero-order valence-corrected chi connectivity index (χ0v) is 22.1. The number of alkyl halides is 8. The molecule has 2 aromatic rings. The highest BCUT2D eigenvalue weighted by atomic mass is 35.5. The molecular weight excluding hydrogens is 580 g/mol. The lowest BCUT2D eigenvalue weighted by Crippen LogP contribution is -2.45. The average molecular weight is 607 g/mol. The standard InChI is InChI=1S/C24H27ClF8N4O3/c1-3-37-19(17(25)18(36-37)20(38)35-11-22(39)6-4-12(2)5-7-22)14-10-34-13(8-15(14)40-21(26)27)9-16(23(28,29)30)24(31,32)33/h8,10,12,16,21,39H,3-7,9,11H2,1-2H3,(H,35,38). The van der Waals surface area contributed by atoms with E-state index in [0.717, 1.165) is 23.7 Å². The SMILES string of the molecule is CCn1nc(C(=O)NCC2(O)CCC(C)CC2)c(Cl)c1-c1cnc(CC(C(F)(F)F)C(F)(F)F)cc1OC(F)F. The van der Waals surface area contributed by atoms with Gasteiger partial charge in [0.2, 0.25) is 0 Å². The quantitative estimate of drug-likeness (QED) is 0.333. The van der Waals surface area contributed by atoms with E-state index in [9.17, 15) is 45.0 Å². The minimum absolute atomic E-state index is 0.0320. The monoisotopic (exact) mass is 606 g/mol. The molecule has 224 valence electrons. The second kappa shape index (κ2) is 12.0. The van der Waals surface area contributed by atoms with Crippen LogP contribution in [0.15, 0.2) is 12.3 Å². The molecule has 0 aromatic carbocycles. The molecular formula is C24H27ClF8N4O3. The Morgan fingerprint density at radius 1 is 1.23 bits per heavy atom. The van der Waals surface area contributed by atoms with E-state index in [1.807, 2.05) is 0 Å². The lowest BCUT2D eigenvalue weighted by atomic mass is 9.79. The molecule has 0 spiro atoms. The molecule has 2 aromatic heterocycles. The molecule has 0 unspecified atom stereocenters. The summed E-state index contributed by atoms with van der Waals surface area (Å²) in [5, 5.41) is 17.0. The van der Waals surface area contributed by atoms with Gasteiger partial charge in [-0.2, -0.15) is 40.2 Å². The number of nitrogens with one attached hydrogen (secondary N) is 1. The van der Waals surface area contributed by atoms with E-state index in [2.05, 4.69) is 27.1 Å². The topological polar surface area (TPSA) is 89.3 Å². The first-order valence-electron chi connectivity index (χ1n) is 12.3. The van der Waals surface area contributed by atoms with Crippen molar-refractivity contribution >= 4 is 17.5 Å². The fraction of sp³-hybridized carbons (Fsp3) is 0.625. The minimum Gasteiger partial charge on any atom is -0.434 e. The van der Waals surface area contributed by atoms with Gasteiger partial charge in [-0.1, -0.05) is 18.5 Å². The van der Waals surface area contributed by atoms with Crippen LogP contribution < -0.4 is 10.1 Å². The van der Waals surface area contributed by atoms with Crippen molar-refractivity contribution in [2.45, 2.75) is 77.1 Å². The zero-order chi connectivity index (χ0) is 30.0. The van der Waals surface area contributed by atoms with Gasteiger partial charge in [-0.3, -0.25) is 14.5 Å². The van der Waals surface area contributed by atoms with Gasteiger partial charge in [0.25, 0.3) is 5.91 Å². The van der Waals surface area contributed by atoms with Crippen LogP contribution in [0.4, 0.5) is 35.1 Å². The first-order valence-corrected chi connectivity index (χ1v) is 12.7. The van der Waals surface area contributed by atoms with Crippen LogP contribution in [-0.4, -0.2) is 56.9 Å². The van der Waals surface area contributed by atoms with Crippen LogP contribution >= 0.6 is 11.6 Å². The van der Waals surface area contributed by atoms with E-state index in [1.165, 1.54) is 0 Å². The number of pyridine rings is 1. The molecule has 1 aliphatic carbocycles. The Morgan fingerprint density at radius 3 is 2.35 bits per heavy atom. The number of hydrogen-bond acceptors (Lipinski definition) is 5. The summed E-state index contributed by atoms with van der Waals surface area (Å²) in [6.45, 7) is 0.0410. The Kier molecular flexibility index (Phi) is 9.59. The van der Waals surface area contributed by atoms with Crippen molar-refractivity contribution in [2.24, 2.45) is 11.8 Å². The summed E-state index contributed by atoms with van der Waals surface area (Å²) >= 11 is 6.39. The number of halogens is 9. The first-order chi connectivity index (χ1) is 18.4. The maximum absolute atomic E-state index is 13.2. The van der Waals surface area contributed by atoms with Crippen LogP contribution in [0.2, 0.25) is 5.02 Å². The normalized spacial score (nSPS) is 20.3. The van der Waals surface area contributed by atoms with E-state index in [-0.39, 0.29) is 35.1 Å². The van der Waals surface area contributed by atoms with Crippen molar-refractivity contribution < 1.29 is 49.8 Å². The predicted octanol–water partition coefficient (Wildman–Crippen LogP) is 6.17. The molecule has 2 N–H and O–H groups in total. The fourth-order valence-corrected chi connectivity index (χ4v) is 4.79. The first kappa shape index (κ1) is 31.8. The van der Waals surface area contributed by atoms with Gasteiger partial charge in [0.15, 0.2) is 11.6 Å². The number of amides is 1. The molecule has 3 rings (SSSR count). The molecule has 16 heteroatoms. The molecule has 1 amide bonds. The summed E-state index contributed by atoms with van der Waals surface area (Å²) in [6.07, 6.45) is -9.81. The van der Waals surface area contributed by atoms with Gasteiger partial charge in [0, 0.05) is 37.5 Å². The van der Waals surface area contributed by atoms with Crippen molar-refractivity contribution in [1.29, 1.82) is 0 Å². The molecule has 0 radical (unpaired) electrons. The van der Waals surface area contributed by atoms with Gasteiger partial charge in [0.05, 0.1) is 21.9 Å². The van der Waals surface area contributed by atoms with E-state index >= 15 is 0 Å². The molecule has 1 aliphatic rings. The summed E-state index contributed by atoms with van der Waals surface area (Å²) in [5.41, 5.74) is -2.79. The maximum atomic E-state index is 13.2. The lowest BCUT2D eigenvalue weighted by molar-refractivity contribution is -0.283. The van der Waals surface area contributed by atoms with Crippen LogP contribution in [0.5, 0.6) is 5.75 Å². The fourth-order valence-electron chi connectivity index (χ4n) is 4.46. The summed E-state index contributed by atoms with van der Waals surface area (Å²) in [7, 11) is 0. The number of hydrogen-bond donors (Lipinski definition) is 2. The van der Waals surface area contributed by atoms with Gasteiger partial charge < -0.3 is 15.2 Å². The third-order valence-corrected chi connectivity index (χ3v) is 7.15. The Hall–Kier alpha value is -2.68. The maximum Gasteiger partial charge on any atom is 0.400 e. The van der Waals surface area contributed by atoms with Crippen LogP contribution in [0, 0.1) is 11.8 Å². The molecule has 0 saturated heterocycles. The second-order valence-electron chi connectivity index (χ2n) is 9.81. The smallest absolute Gasteiger partial charge is 0.400 e. The minimum atomic E-state index is -5.67. The summed E-state index contributed by atoms with van der Waals surface area (Å²) in [5.74, 6) is -4.95. The Bertz CT molecular complexity index is 1180. The number of ether oxygens (including phenoxy) is 1. The van der Waals surface area contributed by atoms with E-state index in [4.69, 9.17) is 11.6 Å². The third-order valence-electron chi connectivity index (χ3n) is 6.79. The van der Waals surface area contributed by atoms with Crippen molar-refractivity contribution in [3.8, 4) is 17.0 Å². The van der Waals surface area contributed by atoms with Crippen molar-refractivity contribution in [3.05, 3.63) is 28.7 Å². The molecule has 0 bridgehead atoms. The Morgan fingerprint density at radius 2 is 1.82 bits per heavy atom. The van der Waals surface area contributed by atoms with Gasteiger partial charge in [-0.15, -0.1) is 0 Å². The highest BCUT2D eigenvalue weighted by molar-refractivity contribution is 6.36. The number of aliphatic hydroxyl groups is 1. The van der Waals surface area contributed by atoms with E-state index in [0.29, 0.717) is 24.8 Å². The molecule has 7 nitrogen and oxygen atoms in total. The highest BCUT2D eigenvalue weighted by Crippen LogP contribution is 2.43. The molecule has 1 saturated carbocycles. The summed E-state index contributed by atoms with van der Waals surface area (Å²) < 4.78 is 110. The Balaban J connectivity index is 1.95. The van der Waals surface area contributed by atoms with Gasteiger partial charge >= 0.3 is 19.0 Å². The summed E-state index contributed by atoms with van der Waals surface area (Å²) in [6, 6.07) is 0.536. The number of carbonyl (C=O) groups excluding carboxylic acids is 1. The zero-order valence-electron chi connectivity index (χ0n) is 21.3. The molecule has 40 heavy (non-hydrogen) atoms. The highest BCUT2D eigenvalue weighted by Gasteiger charge is 2.56. The molecule has 0 atom stereocenters. The number of carbonyl (C=O) groups is 1. The molecule has 2 heterocycles. The number of rotatable bonds is 9. The van der Waals surface area contributed by atoms with Crippen LogP contribution in [0.1, 0.15) is 55.7 Å². The largest absolute Gasteiger partial charge is 0.434 e. The summed E-state index contributed by atoms with van der Waals surface area (Å²) in [4.78, 5) is 16.5. The number of nitrogens with zero attached hydrogens (tertiary/aromatic N) is 3. The van der Waals surface area contributed by atoms with Gasteiger partial charge in [0.1, 0.15) is 5.75 Å². The van der Waals surface area contributed by atoms with E-state index < -0.39 is 54.3 Å². The lowest BCUT2D eigenvalue weighted by Gasteiger charge is -2.34. The Labute approximate surface area is 228 Å². The third kappa shape index (κ3) is 7.53. The van der Waals surface area contributed by atoms with Crippen LogP contribution in [-0.2, 0) is 13.0 Å². The van der Waals surface area contributed by atoms with Gasteiger partial charge in [-0.25, -0.2) is 0 Å². The molecule has 0 aliphatic heterocycles. The van der Waals surface area contributed by atoms with Crippen LogP contribution in [0.3, 0.4) is 0 Å². The predicted molar refractivity (Wildman–Crippen MR) is 127 cm³/mol. The van der Waals surface area contributed by atoms with Crippen molar-refractivity contribution in [3.63, 3.8) is 0 Å². The second-order valence-corrected chi connectivity index (χ2v) is 10.2. The van der Waals surface area contributed by atoms with E-state index in [1.54, 1.807) is 6.92 Å². The molecule has 1 fully saturated rings. The van der Waals surface area contributed by atoms with Crippen molar-refractivity contribution in [2.75, 3.05) is 6.54 Å². The average Bonchev–Trinajstić information content (AvgIpc) is 3.17. The number of aromatic nitrogens is 3.